The van der Waals surface area contributed by atoms with Gasteiger partial charge in [-0.25, -0.2) is 4.98 Å². The largest absolute Gasteiger partial charge is 0.330 e. The third kappa shape index (κ3) is 1.05. The fraction of sp³-hybridized carbons (Fsp3) is 0.667. The van der Waals surface area contributed by atoms with Gasteiger partial charge in [0.05, 0.1) is 11.9 Å². The molecule has 12 heavy (non-hydrogen) atoms. The predicted molar refractivity (Wildman–Crippen MR) is 47.7 cm³/mol. The zero-order valence-electron chi connectivity index (χ0n) is 7.24. The molecule has 0 aromatic carbocycles. The molecule has 0 radical (unpaired) electrons. The van der Waals surface area contributed by atoms with Crippen molar-refractivity contribution < 1.29 is 0 Å². The summed E-state index contributed by atoms with van der Waals surface area (Å²) in [7, 11) is 0. The van der Waals surface area contributed by atoms with E-state index in [-0.39, 0.29) is 5.54 Å². The van der Waals surface area contributed by atoms with Gasteiger partial charge < -0.3 is 10.3 Å². The summed E-state index contributed by atoms with van der Waals surface area (Å²) in [6.07, 6.45) is 10.8. The van der Waals surface area contributed by atoms with Crippen molar-refractivity contribution in [1.82, 2.24) is 9.55 Å². The van der Waals surface area contributed by atoms with E-state index in [4.69, 9.17) is 5.73 Å². The summed E-state index contributed by atoms with van der Waals surface area (Å²) >= 11 is 0. The zero-order chi connectivity index (χ0) is 8.44. The minimum absolute atomic E-state index is 0.191. The van der Waals surface area contributed by atoms with Gasteiger partial charge >= 0.3 is 0 Å². The molecule has 1 aromatic heterocycles. The first-order valence-corrected chi connectivity index (χ1v) is 4.56. The van der Waals surface area contributed by atoms with Gasteiger partial charge in [0.25, 0.3) is 0 Å². The highest BCUT2D eigenvalue weighted by molar-refractivity contribution is 4.95. The van der Waals surface area contributed by atoms with Crippen molar-refractivity contribution in [3.8, 4) is 0 Å². The van der Waals surface area contributed by atoms with E-state index in [0.717, 1.165) is 6.54 Å². The Morgan fingerprint density at radius 1 is 1.42 bits per heavy atom. The number of rotatable bonds is 2. The molecule has 1 saturated carbocycles. The Labute approximate surface area is 72.6 Å². The topological polar surface area (TPSA) is 43.8 Å². The van der Waals surface area contributed by atoms with E-state index in [9.17, 15) is 0 Å². The van der Waals surface area contributed by atoms with E-state index in [1.807, 2.05) is 18.7 Å². The zero-order valence-corrected chi connectivity index (χ0v) is 7.24. The lowest BCUT2D eigenvalue weighted by Crippen LogP contribution is -2.37. The molecular weight excluding hydrogens is 150 g/mol. The Balaban J connectivity index is 2.28. The second kappa shape index (κ2) is 2.90. The molecule has 1 aromatic rings. The standard InChI is InChI=1S/C9H15N3/c10-7-9(3-1-2-4-9)12-6-5-11-8-12/h5-6,8H,1-4,7,10H2. The van der Waals surface area contributed by atoms with Gasteiger partial charge in [-0.15, -0.1) is 0 Å². The van der Waals surface area contributed by atoms with Crippen LogP contribution in [0, 0.1) is 0 Å². The lowest BCUT2D eigenvalue weighted by atomic mass is 9.98. The van der Waals surface area contributed by atoms with Crippen molar-refractivity contribution in [2.24, 2.45) is 5.73 Å². The van der Waals surface area contributed by atoms with E-state index < -0.39 is 0 Å². The molecule has 1 aliphatic rings. The average Bonchev–Trinajstić information content (AvgIpc) is 2.76. The van der Waals surface area contributed by atoms with Crippen LogP contribution < -0.4 is 5.73 Å². The maximum atomic E-state index is 5.81. The predicted octanol–water partition coefficient (Wildman–Crippen LogP) is 1.11. The van der Waals surface area contributed by atoms with Crippen molar-refractivity contribution in [3.05, 3.63) is 18.7 Å². The summed E-state index contributed by atoms with van der Waals surface area (Å²) in [5, 5.41) is 0. The third-order valence-electron chi connectivity index (χ3n) is 2.97. The van der Waals surface area contributed by atoms with Crippen LogP contribution in [0.3, 0.4) is 0 Å². The molecule has 66 valence electrons. The van der Waals surface area contributed by atoms with Gasteiger partial charge in [0.2, 0.25) is 0 Å². The quantitative estimate of drug-likeness (QED) is 0.713. The summed E-state index contributed by atoms with van der Waals surface area (Å²) in [4.78, 5) is 4.07. The van der Waals surface area contributed by atoms with Crippen LogP contribution in [-0.2, 0) is 5.54 Å². The normalized spacial score (nSPS) is 21.4. The van der Waals surface area contributed by atoms with Gasteiger partial charge in [0.1, 0.15) is 0 Å². The molecule has 3 heteroatoms. The first-order chi connectivity index (χ1) is 5.87. The Morgan fingerprint density at radius 3 is 2.67 bits per heavy atom. The molecule has 0 bridgehead atoms. The monoisotopic (exact) mass is 165 g/mol. The van der Waals surface area contributed by atoms with Crippen LogP contribution in [0.4, 0.5) is 0 Å². The Morgan fingerprint density at radius 2 is 2.17 bits per heavy atom. The smallest absolute Gasteiger partial charge is 0.0951 e. The molecule has 0 aliphatic heterocycles. The Hall–Kier alpha value is -0.830. The molecule has 0 amide bonds. The van der Waals surface area contributed by atoms with Gasteiger partial charge in [-0.1, -0.05) is 12.8 Å². The summed E-state index contributed by atoms with van der Waals surface area (Å²) in [6, 6.07) is 0. The fourth-order valence-corrected chi connectivity index (χ4v) is 2.14. The third-order valence-corrected chi connectivity index (χ3v) is 2.97. The van der Waals surface area contributed by atoms with Gasteiger partial charge in [-0.2, -0.15) is 0 Å². The number of hydrogen-bond acceptors (Lipinski definition) is 2. The lowest BCUT2D eigenvalue weighted by Gasteiger charge is -2.28. The highest BCUT2D eigenvalue weighted by Gasteiger charge is 2.33. The van der Waals surface area contributed by atoms with Crippen LogP contribution in [0.15, 0.2) is 18.7 Å². The minimum Gasteiger partial charge on any atom is -0.330 e. The van der Waals surface area contributed by atoms with E-state index in [2.05, 4.69) is 9.55 Å². The first-order valence-electron chi connectivity index (χ1n) is 4.56. The number of aromatic nitrogens is 2. The van der Waals surface area contributed by atoms with Crippen LogP contribution in [-0.4, -0.2) is 16.1 Å². The van der Waals surface area contributed by atoms with E-state index in [1.54, 1.807) is 0 Å². The summed E-state index contributed by atoms with van der Waals surface area (Å²) in [5.74, 6) is 0. The van der Waals surface area contributed by atoms with Crippen LogP contribution >= 0.6 is 0 Å². The van der Waals surface area contributed by atoms with Crippen LogP contribution in [0.1, 0.15) is 25.7 Å². The minimum atomic E-state index is 0.191. The summed E-state index contributed by atoms with van der Waals surface area (Å²) < 4.78 is 2.18. The summed E-state index contributed by atoms with van der Waals surface area (Å²) in [6.45, 7) is 0.739. The molecule has 2 N–H and O–H groups in total. The second-order valence-corrected chi connectivity index (χ2v) is 3.61. The average molecular weight is 165 g/mol. The highest BCUT2D eigenvalue weighted by Crippen LogP contribution is 2.35. The molecule has 0 saturated heterocycles. The van der Waals surface area contributed by atoms with Gasteiger partial charge in [0.15, 0.2) is 0 Å². The number of imidazole rings is 1. The maximum Gasteiger partial charge on any atom is 0.0951 e. The molecule has 0 atom stereocenters. The van der Waals surface area contributed by atoms with Crippen LogP contribution in [0.5, 0.6) is 0 Å². The number of nitrogens with zero attached hydrogens (tertiary/aromatic N) is 2. The molecule has 0 unspecified atom stereocenters. The molecule has 3 nitrogen and oxygen atoms in total. The maximum absolute atomic E-state index is 5.81. The molecule has 0 spiro atoms. The van der Waals surface area contributed by atoms with E-state index >= 15 is 0 Å². The van der Waals surface area contributed by atoms with Crippen molar-refractivity contribution >= 4 is 0 Å². The van der Waals surface area contributed by atoms with Gasteiger partial charge in [0, 0.05) is 18.9 Å². The van der Waals surface area contributed by atoms with E-state index in [1.165, 1.54) is 25.7 Å². The Kier molecular flexibility index (Phi) is 1.89. The first kappa shape index (κ1) is 7.80. The van der Waals surface area contributed by atoms with Crippen molar-refractivity contribution in [2.75, 3.05) is 6.54 Å². The SMILES string of the molecule is NCC1(n2ccnc2)CCCC1. The molecule has 1 heterocycles. The van der Waals surface area contributed by atoms with Gasteiger partial charge in [-0.3, -0.25) is 0 Å². The van der Waals surface area contributed by atoms with Crippen molar-refractivity contribution in [2.45, 2.75) is 31.2 Å². The Bertz CT molecular complexity index is 234. The second-order valence-electron chi connectivity index (χ2n) is 3.61. The summed E-state index contributed by atoms with van der Waals surface area (Å²) in [5.41, 5.74) is 6.00. The molecule has 1 fully saturated rings. The molecular formula is C9H15N3. The molecule has 2 rings (SSSR count). The highest BCUT2D eigenvalue weighted by atomic mass is 15.1. The fourth-order valence-electron chi connectivity index (χ4n) is 2.14. The van der Waals surface area contributed by atoms with Crippen LogP contribution in [0.25, 0.3) is 0 Å². The van der Waals surface area contributed by atoms with E-state index in [0.29, 0.717) is 0 Å². The van der Waals surface area contributed by atoms with Crippen LogP contribution in [0.2, 0.25) is 0 Å². The van der Waals surface area contributed by atoms with Crippen molar-refractivity contribution in [3.63, 3.8) is 0 Å². The lowest BCUT2D eigenvalue weighted by molar-refractivity contribution is 0.303. The molecule has 1 aliphatic carbocycles. The van der Waals surface area contributed by atoms with Crippen molar-refractivity contribution in [1.29, 1.82) is 0 Å². The number of nitrogens with two attached hydrogens (primary N) is 1. The van der Waals surface area contributed by atoms with Gasteiger partial charge in [-0.05, 0) is 12.8 Å². The number of hydrogen-bond donors (Lipinski definition) is 1.